The summed E-state index contributed by atoms with van der Waals surface area (Å²) in [5, 5.41) is 8.92. The molecule has 0 aliphatic heterocycles. The first-order valence-corrected chi connectivity index (χ1v) is 6.81. The van der Waals surface area contributed by atoms with E-state index in [0.717, 1.165) is 0 Å². The molecule has 0 aliphatic rings. The predicted molar refractivity (Wildman–Crippen MR) is 81.2 cm³/mol. The smallest absolute Gasteiger partial charge is 0.199 e. The van der Waals surface area contributed by atoms with Gasteiger partial charge in [0.25, 0.3) is 0 Å². The molecule has 0 aliphatic carbocycles. The lowest BCUT2D eigenvalue weighted by Crippen LogP contribution is -2.09. The largest absolute Gasteiger partial charge is 0.496 e. The second kappa shape index (κ2) is 6.86. The Hall–Kier alpha value is -2.67. The van der Waals surface area contributed by atoms with Crippen LogP contribution in [0.4, 0.5) is 4.39 Å². The van der Waals surface area contributed by atoms with E-state index in [1.54, 1.807) is 30.3 Å². The lowest BCUT2D eigenvalue weighted by Gasteiger charge is -2.12. The summed E-state index contributed by atoms with van der Waals surface area (Å²) in [4.78, 5) is 12.6. The van der Waals surface area contributed by atoms with Gasteiger partial charge in [-0.25, -0.2) is 4.39 Å². The van der Waals surface area contributed by atoms with Gasteiger partial charge in [0.2, 0.25) is 0 Å². The third-order valence-electron chi connectivity index (χ3n) is 3.33. The monoisotopic (exact) mass is 296 g/mol. The van der Waals surface area contributed by atoms with Crippen LogP contribution in [-0.2, 0) is 6.42 Å². The number of nitriles is 1. The van der Waals surface area contributed by atoms with Crippen LogP contribution in [0.25, 0.3) is 0 Å². The van der Waals surface area contributed by atoms with E-state index in [4.69, 9.17) is 10.00 Å². The molecule has 0 saturated carbocycles. The van der Waals surface area contributed by atoms with E-state index >= 15 is 0 Å². The molecule has 0 unspecified atom stereocenters. The van der Waals surface area contributed by atoms with Crippen molar-refractivity contribution in [2.45, 2.75) is 12.8 Å². The standard InChI is InChI=1S/C18H15FNO2/c1-3-5-13-8-9-15(22-2)16(17(13)19)18(21)14-7-4-6-12(10-14)11-20/h4,6-10H,1,3,5H2,2H3. The van der Waals surface area contributed by atoms with E-state index in [2.05, 4.69) is 6.92 Å². The number of carbonyl (C=O) groups excluding carboxylic acids is 1. The Morgan fingerprint density at radius 1 is 1.36 bits per heavy atom. The number of rotatable bonds is 5. The lowest BCUT2D eigenvalue weighted by atomic mass is 9.97. The number of halogens is 1. The van der Waals surface area contributed by atoms with Gasteiger partial charge >= 0.3 is 0 Å². The summed E-state index contributed by atoms with van der Waals surface area (Å²) < 4.78 is 19.7. The van der Waals surface area contributed by atoms with Crippen molar-refractivity contribution in [1.82, 2.24) is 0 Å². The van der Waals surface area contributed by atoms with Crippen molar-refractivity contribution < 1.29 is 13.9 Å². The summed E-state index contributed by atoms with van der Waals surface area (Å²) in [6.45, 7) is 3.70. The average molecular weight is 296 g/mol. The van der Waals surface area contributed by atoms with Crippen molar-refractivity contribution in [2.75, 3.05) is 7.11 Å². The van der Waals surface area contributed by atoms with Crippen molar-refractivity contribution in [3.63, 3.8) is 0 Å². The Labute approximate surface area is 129 Å². The van der Waals surface area contributed by atoms with Gasteiger partial charge in [0.1, 0.15) is 17.1 Å². The molecule has 0 fully saturated rings. The molecule has 22 heavy (non-hydrogen) atoms. The van der Waals surface area contributed by atoms with Crippen LogP contribution in [0.2, 0.25) is 0 Å². The molecule has 0 heterocycles. The molecule has 0 N–H and O–H groups in total. The minimum absolute atomic E-state index is 0.108. The molecule has 4 heteroatoms. The maximum absolute atomic E-state index is 14.6. The van der Waals surface area contributed by atoms with Crippen LogP contribution in [0.5, 0.6) is 5.75 Å². The Bertz CT molecular complexity index is 747. The first-order chi connectivity index (χ1) is 10.6. The topological polar surface area (TPSA) is 50.1 Å². The van der Waals surface area contributed by atoms with Crippen LogP contribution in [0.1, 0.15) is 33.5 Å². The van der Waals surface area contributed by atoms with E-state index in [1.807, 2.05) is 6.07 Å². The second-order valence-electron chi connectivity index (χ2n) is 4.74. The van der Waals surface area contributed by atoms with Gasteiger partial charge in [-0.2, -0.15) is 5.26 Å². The predicted octanol–water partition coefficient (Wildman–Crippen LogP) is 3.70. The highest BCUT2D eigenvalue weighted by Gasteiger charge is 2.22. The third kappa shape index (κ3) is 2.99. The number of hydrogen-bond acceptors (Lipinski definition) is 3. The molecule has 0 aromatic heterocycles. The summed E-state index contributed by atoms with van der Waals surface area (Å²) >= 11 is 0. The minimum Gasteiger partial charge on any atom is -0.496 e. The van der Waals surface area contributed by atoms with Gasteiger partial charge in [-0.1, -0.05) is 25.1 Å². The molecule has 2 aromatic rings. The van der Waals surface area contributed by atoms with Crippen molar-refractivity contribution >= 4 is 5.78 Å². The second-order valence-corrected chi connectivity index (χ2v) is 4.74. The van der Waals surface area contributed by atoms with Gasteiger partial charge in [0.05, 0.1) is 18.7 Å². The Morgan fingerprint density at radius 3 is 2.77 bits per heavy atom. The highest BCUT2D eigenvalue weighted by Crippen LogP contribution is 2.28. The van der Waals surface area contributed by atoms with Crippen molar-refractivity contribution in [3.05, 3.63) is 71.4 Å². The highest BCUT2D eigenvalue weighted by atomic mass is 19.1. The molecular formula is C18H15FNO2. The molecule has 0 saturated heterocycles. The van der Waals surface area contributed by atoms with Gasteiger partial charge in [-0.15, -0.1) is 0 Å². The number of aryl methyl sites for hydroxylation is 1. The maximum atomic E-state index is 14.6. The van der Waals surface area contributed by atoms with Crippen LogP contribution >= 0.6 is 0 Å². The summed E-state index contributed by atoms with van der Waals surface area (Å²) in [7, 11) is 1.39. The van der Waals surface area contributed by atoms with Crippen LogP contribution in [-0.4, -0.2) is 12.9 Å². The minimum atomic E-state index is -0.588. The average Bonchev–Trinajstić information content (AvgIpc) is 2.56. The molecule has 1 radical (unpaired) electrons. The molecule has 0 amide bonds. The molecule has 0 atom stereocenters. The van der Waals surface area contributed by atoms with Crippen molar-refractivity contribution in [1.29, 1.82) is 5.26 Å². The number of methoxy groups -OCH3 is 1. The number of benzene rings is 2. The SMILES string of the molecule is [CH2]CCc1ccc(OC)c(C(=O)c2cccc(C#N)c2)c1F. The molecule has 0 bridgehead atoms. The fraction of sp³-hybridized carbons (Fsp3) is 0.167. The zero-order valence-corrected chi connectivity index (χ0v) is 12.2. The zero-order valence-electron chi connectivity index (χ0n) is 12.2. The third-order valence-corrected chi connectivity index (χ3v) is 3.33. The van der Waals surface area contributed by atoms with Gasteiger partial charge < -0.3 is 4.74 Å². The quantitative estimate of drug-likeness (QED) is 0.790. The van der Waals surface area contributed by atoms with Gasteiger partial charge in [-0.05, 0) is 36.6 Å². The number of ketones is 1. The van der Waals surface area contributed by atoms with E-state index in [9.17, 15) is 9.18 Å². The molecule has 2 aromatic carbocycles. The van der Waals surface area contributed by atoms with Crippen LogP contribution in [0.15, 0.2) is 36.4 Å². The molecular weight excluding hydrogens is 281 g/mol. The summed E-state index contributed by atoms with van der Waals surface area (Å²) in [6.07, 6.45) is 0.967. The van der Waals surface area contributed by atoms with Crippen LogP contribution in [0, 0.1) is 24.1 Å². The number of carbonyl (C=O) groups is 1. The normalized spacial score (nSPS) is 10.1. The molecule has 111 valence electrons. The number of nitrogens with zero attached hydrogens (tertiary/aromatic N) is 1. The van der Waals surface area contributed by atoms with Crippen molar-refractivity contribution in [2.24, 2.45) is 0 Å². The fourth-order valence-electron chi connectivity index (χ4n) is 2.24. The first-order valence-electron chi connectivity index (χ1n) is 6.81. The van der Waals surface area contributed by atoms with E-state index in [0.29, 0.717) is 24.0 Å². The lowest BCUT2D eigenvalue weighted by molar-refractivity contribution is 0.103. The Morgan fingerprint density at radius 2 is 2.14 bits per heavy atom. The summed E-state index contributed by atoms with van der Waals surface area (Å²) in [5.41, 5.74) is 0.918. The molecule has 0 spiro atoms. The fourth-order valence-corrected chi connectivity index (χ4v) is 2.24. The summed E-state index contributed by atoms with van der Waals surface area (Å²) in [6, 6.07) is 11.3. The van der Waals surface area contributed by atoms with Gasteiger partial charge in [-0.3, -0.25) is 4.79 Å². The summed E-state index contributed by atoms with van der Waals surface area (Å²) in [5.74, 6) is -0.912. The first kappa shape index (κ1) is 15.7. The van der Waals surface area contributed by atoms with Gasteiger partial charge in [0.15, 0.2) is 5.78 Å². The van der Waals surface area contributed by atoms with E-state index < -0.39 is 11.6 Å². The number of hydrogen-bond donors (Lipinski definition) is 0. The van der Waals surface area contributed by atoms with Crippen molar-refractivity contribution in [3.8, 4) is 11.8 Å². The van der Waals surface area contributed by atoms with Crippen LogP contribution in [0.3, 0.4) is 0 Å². The Balaban J connectivity index is 2.56. The Kier molecular flexibility index (Phi) is 4.90. The van der Waals surface area contributed by atoms with Crippen LogP contribution < -0.4 is 4.74 Å². The zero-order chi connectivity index (χ0) is 16.1. The molecule has 3 nitrogen and oxygen atoms in total. The molecule has 2 rings (SSSR count). The van der Waals surface area contributed by atoms with E-state index in [-0.39, 0.29) is 16.9 Å². The highest BCUT2D eigenvalue weighted by molar-refractivity contribution is 6.11. The van der Waals surface area contributed by atoms with E-state index in [1.165, 1.54) is 13.2 Å². The number of ether oxygens (including phenoxy) is 1. The van der Waals surface area contributed by atoms with Gasteiger partial charge in [0, 0.05) is 5.56 Å². The maximum Gasteiger partial charge on any atom is 0.199 e.